The quantitative estimate of drug-likeness (QED) is 0.175. The lowest BCUT2D eigenvalue weighted by Gasteiger charge is -1.98. The van der Waals surface area contributed by atoms with Crippen LogP contribution in [0.25, 0.3) is 76.7 Å². The standard InChI is InChI=1S/C28H12Br4O5S/c1-9-3-5-11-13(7-9)33-20-15(29)21(35-19(11)20)22-16(30)23-24(36-22)17(31)25(37-23)28-18(32)26-27(38-28)12-6-4-10(2)8-14(12)34-26/h3-8H,1-2H3. The van der Waals surface area contributed by atoms with Crippen LogP contribution in [0.3, 0.4) is 0 Å². The first kappa shape index (κ1) is 23.6. The summed E-state index contributed by atoms with van der Waals surface area (Å²) in [6.45, 7) is 4.08. The Morgan fingerprint density at radius 1 is 0.526 bits per heavy atom. The third-order valence-corrected chi connectivity index (χ3v) is 11.0. The minimum absolute atomic E-state index is 0.505. The predicted octanol–water partition coefficient (Wildman–Crippen LogP) is 12.5. The third kappa shape index (κ3) is 3.12. The molecular formula is C28H12Br4O5S. The Morgan fingerprint density at radius 2 is 1.03 bits per heavy atom. The summed E-state index contributed by atoms with van der Waals surface area (Å²) in [6.07, 6.45) is 0. The molecule has 0 saturated heterocycles. The van der Waals surface area contributed by atoms with Crippen LogP contribution in [0.15, 0.2) is 76.4 Å². The van der Waals surface area contributed by atoms with Gasteiger partial charge in [0.05, 0.1) is 19.4 Å². The lowest BCUT2D eigenvalue weighted by molar-refractivity contribution is 0.567. The summed E-state index contributed by atoms with van der Waals surface area (Å²) in [4.78, 5) is 0.909. The van der Waals surface area contributed by atoms with E-state index in [-0.39, 0.29) is 0 Å². The second-order valence-electron chi connectivity index (χ2n) is 9.16. The summed E-state index contributed by atoms with van der Waals surface area (Å²) in [5, 5.41) is 1.98. The van der Waals surface area contributed by atoms with Crippen molar-refractivity contribution in [1.82, 2.24) is 0 Å². The number of furan rings is 5. The smallest absolute Gasteiger partial charge is 0.189 e. The maximum Gasteiger partial charge on any atom is 0.189 e. The van der Waals surface area contributed by atoms with Gasteiger partial charge in [-0.3, -0.25) is 0 Å². The number of halogens is 4. The molecule has 0 spiro atoms. The van der Waals surface area contributed by atoms with Crippen LogP contribution < -0.4 is 0 Å². The Labute approximate surface area is 251 Å². The van der Waals surface area contributed by atoms with Crippen molar-refractivity contribution in [3.63, 3.8) is 0 Å². The van der Waals surface area contributed by atoms with E-state index >= 15 is 0 Å². The van der Waals surface area contributed by atoms with E-state index in [0.717, 1.165) is 52.7 Å². The molecule has 6 aromatic heterocycles. The summed E-state index contributed by atoms with van der Waals surface area (Å²) in [5.74, 6) is 1.68. The zero-order valence-corrected chi connectivity index (χ0v) is 26.6. The minimum Gasteiger partial charge on any atom is -0.454 e. The SMILES string of the molecule is Cc1ccc2c(c1)oc1c(Br)c(-c3oc4c(Br)c(-c5sc6c(oc7cc(C)ccc76)c5Br)oc4c3Br)oc12. The van der Waals surface area contributed by atoms with Crippen LogP contribution in [0.4, 0.5) is 0 Å². The van der Waals surface area contributed by atoms with Crippen LogP contribution >= 0.6 is 75.1 Å². The summed E-state index contributed by atoms with van der Waals surface area (Å²) in [6, 6.07) is 12.3. The van der Waals surface area contributed by atoms with Crippen molar-refractivity contribution in [2.45, 2.75) is 13.8 Å². The highest BCUT2D eigenvalue weighted by atomic mass is 79.9. The molecule has 0 radical (unpaired) electrons. The Balaban J connectivity index is 1.28. The van der Waals surface area contributed by atoms with Gasteiger partial charge < -0.3 is 22.1 Å². The van der Waals surface area contributed by atoms with Gasteiger partial charge in [0.2, 0.25) is 0 Å². The second-order valence-corrected chi connectivity index (χ2v) is 13.4. The van der Waals surface area contributed by atoms with Crippen molar-refractivity contribution in [1.29, 1.82) is 0 Å². The molecule has 0 fully saturated rings. The maximum atomic E-state index is 6.38. The van der Waals surface area contributed by atoms with Crippen LogP contribution in [0.5, 0.6) is 0 Å². The largest absolute Gasteiger partial charge is 0.454 e. The molecule has 2 aromatic carbocycles. The van der Waals surface area contributed by atoms with E-state index in [4.69, 9.17) is 22.1 Å². The Hall–Kier alpha value is -2.24. The molecule has 0 aliphatic heterocycles. The fraction of sp³-hybridized carbons (Fsp3) is 0.0714. The van der Waals surface area contributed by atoms with Gasteiger partial charge >= 0.3 is 0 Å². The van der Waals surface area contributed by atoms with E-state index in [0.29, 0.717) is 53.0 Å². The molecule has 0 aliphatic carbocycles. The second kappa shape index (κ2) is 8.14. The van der Waals surface area contributed by atoms with Gasteiger partial charge in [0, 0.05) is 5.39 Å². The number of rotatable bonds is 2. The van der Waals surface area contributed by atoms with E-state index in [9.17, 15) is 0 Å². The number of aryl methyl sites for hydroxylation is 2. The van der Waals surface area contributed by atoms with Crippen LogP contribution in [0.1, 0.15) is 11.1 Å². The Morgan fingerprint density at radius 3 is 1.71 bits per heavy atom. The van der Waals surface area contributed by atoms with Crippen molar-refractivity contribution in [3.05, 3.63) is 65.4 Å². The highest BCUT2D eigenvalue weighted by molar-refractivity contribution is 9.11. The predicted molar refractivity (Wildman–Crippen MR) is 164 cm³/mol. The van der Waals surface area contributed by atoms with E-state index in [1.54, 1.807) is 11.3 Å². The lowest BCUT2D eigenvalue weighted by Crippen LogP contribution is -1.74. The van der Waals surface area contributed by atoms with E-state index < -0.39 is 0 Å². The van der Waals surface area contributed by atoms with Gasteiger partial charge in [-0.2, -0.15) is 0 Å². The maximum absolute atomic E-state index is 6.38. The van der Waals surface area contributed by atoms with Gasteiger partial charge in [-0.05, 0) is 113 Å². The van der Waals surface area contributed by atoms with Crippen molar-refractivity contribution < 1.29 is 22.1 Å². The summed E-state index contributed by atoms with van der Waals surface area (Å²) in [5.41, 5.74) is 7.16. The van der Waals surface area contributed by atoms with Gasteiger partial charge in [-0.15, -0.1) is 11.3 Å². The summed E-state index contributed by atoms with van der Waals surface area (Å²) < 4.78 is 35.2. The Bertz CT molecular complexity index is 2110. The molecular weight excluding hydrogens is 768 g/mol. The fourth-order valence-electron chi connectivity index (χ4n) is 4.82. The van der Waals surface area contributed by atoms with Gasteiger partial charge in [0.25, 0.3) is 0 Å². The number of thiophene rings is 1. The molecule has 8 aromatic rings. The van der Waals surface area contributed by atoms with Crippen molar-refractivity contribution >= 4 is 130 Å². The molecule has 0 unspecified atom stereocenters. The van der Waals surface area contributed by atoms with Crippen LogP contribution in [-0.4, -0.2) is 0 Å². The molecule has 0 atom stereocenters. The zero-order valence-electron chi connectivity index (χ0n) is 19.4. The highest BCUT2D eigenvalue weighted by Gasteiger charge is 2.31. The summed E-state index contributed by atoms with van der Waals surface area (Å²) >= 11 is 16.4. The zero-order chi connectivity index (χ0) is 26.0. The molecule has 6 heterocycles. The normalized spacial score (nSPS) is 12.5. The summed E-state index contributed by atoms with van der Waals surface area (Å²) in [7, 11) is 0. The molecule has 0 N–H and O–H groups in total. The first-order valence-electron chi connectivity index (χ1n) is 11.4. The number of fused-ring (bicyclic) bond motifs is 7. The van der Waals surface area contributed by atoms with E-state index in [1.165, 1.54) is 0 Å². The first-order chi connectivity index (χ1) is 18.3. The highest BCUT2D eigenvalue weighted by Crippen LogP contribution is 2.54. The monoisotopic (exact) mass is 776 g/mol. The Kier molecular flexibility index (Phi) is 5.06. The minimum atomic E-state index is 0.505. The molecule has 8 rings (SSSR count). The van der Waals surface area contributed by atoms with Crippen molar-refractivity contribution in [2.24, 2.45) is 0 Å². The van der Waals surface area contributed by atoms with Gasteiger partial charge in [0.1, 0.15) is 24.6 Å². The number of benzene rings is 2. The lowest BCUT2D eigenvalue weighted by atomic mass is 10.2. The van der Waals surface area contributed by atoms with Crippen LogP contribution in [0.2, 0.25) is 0 Å². The van der Waals surface area contributed by atoms with E-state index in [2.05, 4.69) is 88.8 Å². The van der Waals surface area contributed by atoms with Gasteiger partial charge in [0.15, 0.2) is 45.2 Å². The van der Waals surface area contributed by atoms with Crippen LogP contribution in [-0.2, 0) is 0 Å². The average Bonchev–Trinajstić information content (AvgIpc) is 3.69. The first-order valence-corrected chi connectivity index (χ1v) is 15.4. The number of hydrogen-bond donors (Lipinski definition) is 0. The molecule has 0 aliphatic rings. The molecule has 38 heavy (non-hydrogen) atoms. The van der Waals surface area contributed by atoms with Gasteiger partial charge in [-0.25, -0.2) is 0 Å². The topological polar surface area (TPSA) is 65.7 Å². The molecule has 188 valence electrons. The fourth-order valence-corrected chi connectivity index (χ4v) is 8.50. The average molecular weight is 780 g/mol. The van der Waals surface area contributed by atoms with Crippen molar-refractivity contribution in [2.75, 3.05) is 0 Å². The molecule has 0 bridgehead atoms. The molecule has 10 heteroatoms. The van der Waals surface area contributed by atoms with Gasteiger partial charge in [-0.1, -0.05) is 12.1 Å². The number of hydrogen-bond acceptors (Lipinski definition) is 6. The van der Waals surface area contributed by atoms with Crippen molar-refractivity contribution in [3.8, 4) is 22.2 Å². The molecule has 5 nitrogen and oxygen atoms in total. The van der Waals surface area contributed by atoms with Crippen LogP contribution in [0, 0.1) is 13.8 Å². The molecule has 0 saturated carbocycles. The molecule has 0 amide bonds. The third-order valence-electron chi connectivity index (χ3n) is 6.63. The van der Waals surface area contributed by atoms with E-state index in [1.807, 2.05) is 25.1 Å².